The normalized spacial score (nSPS) is 13.8. The molecule has 0 aromatic heterocycles. The van der Waals surface area contributed by atoms with Gasteiger partial charge in [-0.1, -0.05) is 6.07 Å². The maximum atomic E-state index is 11.8. The number of nitrogens with zero attached hydrogens (tertiary/aromatic N) is 1. The molecular weight excluding hydrogens is 302 g/mol. The summed E-state index contributed by atoms with van der Waals surface area (Å²) < 4.78 is 5.10. The van der Waals surface area contributed by atoms with Crippen molar-refractivity contribution < 1.29 is 19.1 Å². The number of esters is 1. The fourth-order valence-corrected chi connectivity index (χ4v) is 2.36. The van der Waals surface area contributed by atoms with Gasteiger partial charge in [-0.05, 0) is 28.1 Å². The van der Waals surface area contributed by atoms with E-state index in [4.69, 9.17) is 0 Å². The number of halogens is 1. The maximum absolute atomic E-state index is 11.8. The molecule has 94 valence electrons. The molecule has 0 spiro atoms. The molecule has 18 heavy (non-hydrogen) atoms. The lowest BCUT2D eigenvalue weighted by atomic mass is 10.1. The van der Waals surface area contributed by atoms with Gasteiger partial charge in [-0.3, -0.25) is 14.4 Å². The molecule has 1 aliphatic rings. The van der Waals surface area contributed by atoms with E-state index in [2.05, 4.69) is 20.7 Å². The number of hydrogen-bond donors (Lipinski definition) is 0. The van der Waals surface area contributed by atoms with Gasteiger partial charge in [0.15, 0.2) is 0 Å². The van der Waals surface area contributed by atoms with Crippen LogP contribution in [0.1, 0.15) is 16.8 Å². The summed E-state index contributed by atoms with van der Waals surface area (Å²) >= 11 is 3.25. The Morgan fingerprint density at radius 3 is 2.78 bits per heavy atom. The largest absolute Gasteiger partial charge is 0.469 e. The van der Waals surface area contributed by atoms with Crippen molar-refractivity contribution >= 4 is 39.3 Å². The third-order valence-corrected chi connectivity index (χ3v) is 3.38. The van der Waals surface area contributed by atoms with Crippen molar-refractivity contribution in [3.63, 3.8) is 0 Å². The highest BCUT2D eigenvalue weighted by atomic mass is 79.9. The summed E-state index contributed by atoms with van der Waals surface area (Å²) in [5, 5.41) is 0. The first kappa shape index (κ1) is 12.8. The van der Waals surface area contributed by atoms with Crippen molar-refractivity contribution in [1.29, 1.82) is 0 Å². The van der Waals surface area contributed by atoms with Gasteiger partial charge in [-0.2, -0.15) is 0 Å². The van der Waals surface area contributed by atoms with Gasteiger partial charge < -0.3 is 9.64 Å². The Kier molecular flexibility index (Phi) is 3.47. The predicted octanol–water partition coefficient (Wildman–Crippen LogP) is 1.54. The third-order valence-electron chi connectivity index (χ3n) is 2.72. The van der Waals surface area contributed by atoms with Gasteiger partial charge in [0.25, 0.3) is 11.7 Å². The van der Waals surface area contributed by atoms with E-state index in [0.717, 1.165) is 0 Å². The van der Waals surface area contributed by atoms with Gasteiger partial charge >= 0.3 is 5.97 Å². The molecular formula is C12H10BrNO4. The number of fused-ring (bicyclic) bond motifs is 1. The van der Waals surface area contributed by atoms with Crippen LogP contribution in [-0.4, -0.2) is 31.3 Å². The van der Waals surface area contributed by atoms with E-state index in [1.54, 1.807) is 18.2 Å². The van der Waals surface area contributed by atoms with Gasteiger partial charge in [0.05, 0.1) is 24.8 Å². The summed E-state index contributed by atoms with van der Waals surface area (Å²) in [5.41, 5.74) is 0.885. The summed E-state index contributed by atoms with van der Waals surface area (Å²) in [7, 11) is 1.28. The number of carbonyl (C=O) groups is 3. The lowest BCUT2D eigenvalue weighted by molar-refractivity contribution is -0.140. The smallest absolute Gasteiger partial charge is 0.307 e. The molecule has 0 radical (unpaired) electrons. The molecule has 5 nitrogen and oxygen atoms in total. The number of benzene rings is 1. The molecule has 0 atom stereocenters. The Bertz CT molecular complexity index is 541. The van der Waals surface area contributed by atoms with Crippen molar-refractivity contribution in [3.05, 3.63) is 28.2 Å². The standard InChI is InChI=1S/C12H10BrNO4/c1-18-9(15)5-6-14-8-4-2-3-7(13)10(8)11(16)12(14)17/h2-4H,5-6H2,1H3. The summed E-state index contributed by atoms with van der Waals surface area (Å²) in [6.07, 6.45) is 0.0570. The first-order chi connectivity index (χ1) is 8.56. The monoisotopic (exact) mass is 311 g/mol. The first-order valence-corrected chi connectivity index (χ1v) is 6.07. The molecule has 0 aliphatic carbocycles. The highest BCUT2D eigenvalue weighted by Crippen LogP contribution is 2.34. The van der Waals surface area contributed by atoms with E-state index < -0.39 is 17.7 Å². The molecule has 1 amide bonds. The molecule has 0 saturated carbocycles. The van der Waals surface area contributed by atoms with Crippen LogP contribution in [0, 0.1) is 0 Å². The molecule has 1 aliphatic heterocycles. The van der Waals surface area contributed by atoms with Crippen LogP contribution < -0.4 is 4.90 Å². The first-order valence-electron chi connectivity index (χ1n) is 5.27. The van der Waals surface area contributed by atoms with Crippen molar-refractivity contribution in [2.75, 3.05) is 18.6 Å². The van der Waals surface area contributed by atoms with E-state index in [0.29, 0.717) is 15.7 Å². The quantitative estimate of drug-likeness (QED) is 0.627. The number of anilines is 1. The molecule has 0 N–H and O–H groups in total. The van der Waals surface area contributed by atoms with E-state index in [-0.39, 0.29) is 13.0 Å². The van der Waals surface area contributed by atoms with Crippen LogP contribution in [0.4, 0.5) is 5.69 Å². The Hall–Kier alpha value is -1.69. The fourth-order valence-electron chi connectivity index (χ4n) is 1.83. The summed E-state index contributed by atoms with van der Waals surface area (Å²) in [6, 6.07) is 5.12. The number of hydrogen-bond acceptors (Lipinski definition) is 4. The average molecular weight is 312 g/mol. The van der Waals surface area contributed by atoms with Gasteiger partial charge in [0.2, 0.25) is 0 Å². The molecule has 1 aromatic carbocycles. The van der Waals surface area contributed by atoms with E-state index in [9.17, 15) is 14.4 Å². The topological polar surface area (TPSA) is 63.7 Å². The number of methoxy groups -OCH3 is 1. The fraction of sp³-hybridized carbons (Fsp3) is 0.250. The molecule has 6 heteroatoms. The number of ether oxygens (including phenoxy) is 1. The van der Waals surface area contributed by atoms with Gasteiger partial charge in [-0.15, -0.1) is 0 Å². The number of Topliss-reactive ketones (excluding diaryl/α,β-unsaturated/α-hetero) is 1. The second-order valence-electron chi connectivity index (χ2n) is 3.75. The van der Waals surface area contributed by atoms with Crippen molar-refractivity contribution in [2.45, 2.75) is 6.42 Å². The van der Waals surface area contributed by atoms with Crippen LogP contribution in [0.25, 0.3) is 0 Å². The van der Waals surface area contributed by atoms with Gasteiger partial charge in [-0.25, -0.2) is 0 Å². The van der Waals surface area contributed by atoms with Gasteiger partial charge in [0, 0.05) is 11.0 Å². The van der Waals surface area contributed by atoms with Crippen molar-refractivity contribution in [2.24, 2.45) is 0 Å². The van der Waals surface area contributed by atoms with E-state index in [1.165, 1.54) is 12.0 Å². The number of carbonyl (C=O) groups excluding carboxylic acids is 3. The van der Waals surface area contributed by atoms with Crippen molar-refractivity contribution in [3.8, 4) is 0 Å². The Labute approximate surface area is 112 Å². The number of ketones is 1. The van der Waals surface area contributed by atoms with Crippen LogP contribution >= 0.6 is 15.9 Å². The second-order valence-corrected chi connectivity index (χ2v) is 4.60. The Balaban J connectivity index is 2.29. The highest BCUT2D eigenvalue weighted by molar-refractivity contribution is 9.10. The predicted molar refractivity (Wildman–Crippen MR) is 67.5 cm³/mol. The Morgan fingerprint density at radius 1 is 1.39 bits per heavy atom. The summed E-state index contributed by atoms with van der Waals surface area (Å²) in [5.74, 6) is -1.58. The van der Waals surface area contributed by atoms with Crippen LogP contribution in [0.15, 0.2) is 22.7 Å². The van der Waals surface area contributed by atoms with Crippen LogP contribution in [0.5, 0.6) is 0 Å². The molecule has 2 rings (SSSR count). The highest BCUT2D eigenvalue weighted by Gasteiger charge is 2.37. The lowest BCUT2D eigenvalue weighted by Crippen LogP contribution is -2.31. The van der Waals surface area contributed by atoms with E-state index >= 15 is 0 Å². The molecule has 0 bridgehead atoms. The van der Waals surface area contributed by atoms with Crippen LogP contribution in [-0.2, 0) is 14.3 Å². The third kappa shape index (κ3) is 2.03. The summed E-state index contributed by atoms with van der Waals surface area (Å²) in [4.78, 5) is 36.0. The number of rotatable bonds is 3. The molecule has 1 heterocycles. The Morgan fingerprint density at radius 2 is 2.11 bits per heavy atom. The molecule has 0 fully saturated rings. The number of amides is 1. The molecule has 0 unspecified atom stereocenters. The summed E-state index contributed by atoms with van der Waals surface area (Å²) in [6.45, 7) is 0.140. The average Bonchev–Trinajstić information content (AvgIpc) is 2.61. The van der Waals surface area contributed by atoms with E-state index in [1.807, 2.05) is 0 Å². The SMILES string of the molecule is COC(=O)CCN1C(=O)C(=O)c2c(Br)cccc21. The lowest BCUT2D eigenvalue weighted by Gasteiger charge is -2.15. The minimum atomic E-state index is -0.610. The maximum Gasteiger partial charge on any atom is 0.307 e. The molecule has 0 saturated heterocycles. The second kappa shape index (κ2) is 4.89. The minimum Gasteiger partial charge on any atom is -0.469 e. The van der Waals surface area contributed by atoms with Gasteiger partial charge in [0.1, 0.15) is 0 Å². The zero-order valence-electron chi connectivity index (χ0n) is 9.60. The zero-order chi connectivity index (χ0) is 13.3. The zero-order valence-corrected chi connectivity index (χ0v) is 11.2. The van der Waals surface area contributed by atoms with Crippen LogP contribution in [0.2, 0.25) is 0 Å². The van der Waals surface area contributed by atoms with Crippen LogP contribution in [0.3, 0.4) is 0 Å². The minimum absolute atomic E-state index is 0.0570. The van der Waals surface area contributed by atoms with Crippen molar-refractivity contribution in [1.82, 2.24) is 0 Å². The molecule has 1 aromatic rings.